The number of hydrogen-bond donors (Lipinski definition) is 1. The third-order valence-electron chi connectivity index (χ3n) is 3.22. The summed E-state index contributed by atoms with van der Waals surface area (Å²) in [6.07, 6.45) is 1.44. The van der Waals surface area contributed by atoms with E-state index in [2.05, 4.69) is 26.5 Å². The first-order chi connectivity index (χ1) is 12.0. The van der Waals surface area contributed by atoms with Crippen LogP contribution in [0.2, 0.25) is 0 Å². The molecule has 0 aromatic heterocycles. The van der Waals surface area contributed by atoms with Gasteiger partial charge in [-0.15, -0.1) is 0 Å². The normalized spacial score (nSPS) is 10.5. The molecule has 2 rings (SSSR count). The molecule has 0 aliphatic rings. The first kappa shape index (κ1) is 18.4. The standard InChI is InChI=1S/C16H14BrN3O5/c1-24-13-8-5-11(14(17)15(13)25-2)9-18-19-16(21)10-3-6-12(7-4-10)20(22)23/h3-9H,1-2H3,(H,19,21)/b18-9-. The third kappa shape index (κ3) is 4.32. The summed E-state index contributed by atoms with van der Waals surface area (Å²) in [5, 5.41) is 14.5. The maximum atomic E-state index is 12.0. The van der Waals surface area contributed by atoms with Crippen molar-refractivity contribution in [2.75, 3.05) is 14.2 Å². The van der Waals surface area contributed by atoms with Crippen LogP contribution in [0.15, 0.2) is 46.0 Å². The number of benzene rings is 2. The van der Waals surface area contributed by atoms with Gasteiger partial charge < -0.3 is 9.47 Å². The minimum Gasteiger partial charge on any atom is -0.493 e. The van der Waals surface area contributed by atoms with Gasteiger partial charge in [0.2, 0.25) is 0 Å². The number of halogens is 1. The van der Waals surface area contributed by atoms with E-state index in [0.29, 0.717) is 21.5 Å². The van der Waals surface area contributed by atoms with E-state index in [4.69, 9.17) is 9.47 Å². The van der Waals surface area contributed by atoms with Crippen LogP contribution in [0.5, 0.6) is 11.5 Å². The van der Waals surface area contributed by atoms with Crippen LogP contribution in [0.3, 0.4) is 0 Å². The van der Waals surface area contributed by atoms with Crippen LogP contribution < -0.4 is 14.9 Å². The molecule has 0 radical (unpaired) electrons. The number of nitrogens with zero attached hydrogens (tertiary/aromatic N) is 2. The summed E-state index contributed by atoms with van der Waals surface area (Å²) in [7, 11) is 3.04. The van der Waals surface area contributed by atoms with Crippen molar-refractivity contribution in [3.63, 3.8) is 0 Å². The molecule has 2 aromatic carbocycles. The van der Waals surface area contributed by atoms with Crippen LogP contribution in [-0.4, -0.2) is 31.3 Å². The van der Waals surface area contributed by atoms with Crippen molar-refractivity contribution in [2.45, 2.75) is 0 Å². The van der Waals surface area contributed by atoms with Gasteiger partial charge in [-0.05, 0) is 40.2 Å². The van der Waals surface area contributed by atoms with Crippen LogP contribution in [0.25, 0.3) is 0 Å². The largest absolute Gasteiger partial charge is 0.493 e. The van der Waals surface area contributed by atoms with Gasteiger partial charge in [0.1, 0.15) is 0 Å². The van der Waals surface area contributed by atoms with E-state index >= 15 is 0 Å². The maximum Gasteiger partial charge on any atom is 0.271 e. The van der Waals surface area contributed by atoms with Crippen LogP contribution in [-0.2, 0) is 0 Å². The molecule has 25 heavy (non-hydrogen) atoms. The van der Waals surface area contributed by atoms with Gasteiger partial charge in [0.05, 0.1) is 29.8 Å². The Kier molecular flexibility index (Phi) is 6.07. The lowest BCUT2D eigenvalue weighted by Gasteiger charge is -2.10. The molecule has 8 nitrogen and oxygen atoms in total. The average molecular weight is 408 g/mol. The maximum absolute atomic E-state index is 12.0. The minimum absolute atomic E-state index is 0.0886. The minimum atomic E-state index is -0.533. The van der Waals surface area contributed by atoms with Crippen molar-refractivity contribution in [2.24, 2.45) is 5.10 Å². The molecule has 1 amide bonds. The van der Waals surface area contributed by atoms with Crippen LogP contribution in [0.4, 0.5) is 5.69 Å². The molecular formula is C16H14BrN3O5. The molecule has 0 saturated heterocycles. The van der Waals surface area contributed by atoms with Crippen LogP contribution >= 0.6 is 15.9 Å². The van der Waals surface area contributed by atoms with E-state index in [1.807, 2.05) is 0 Å². The van der Waals surface area contributed by atoms with Crippen molar-refractivity contribution in [3.8, 4) is 11.5 Å². The van der Waals surface area contributed by atoms with Crippen molar-refractivity contribution in [1.29, 1.82) is 0 Å². The molecule has 0 unspecified atom stereocenters. The molecule has 0 bridgehead atoms. The Balaban J connectivity index is 2.10. The Hall–Kier alpha value is -2.94. The fourth-order valence-corrected chi connectivity index (χ4v) is 2.56. The highest BCUT2D eigenvalue weighted by Gasteiger charge is 2.12. The lowest BCUT2D eigenvalue weighted by Crippen LogP contribution is -2.17. The molecule has 9 heteroatoms. The summed E-state index contributed by atoms with van der Waals surface area (Å²) < 4.78 is 11.1. The van der Waals surface area contributed by atoms with Gasteiger partial charge in [0.25, 0.3) is 11.6 Å². The van der Waals surface area contributed by atoms with E-state index in [1.165, 1.54) is 44.7 Å². The van der Waals surface area contributed by atoms with Gasteiger partial charge in [-0.1, -0.05) is 0 Å². The lowest BCUT2D eigenvalue weighted by molar-refractivity contribution is -0.384. The quantitative estimate of drug-likeness (QED) is 0.450. The van der Waals surface area contributed by atoms with Crippen molar-refractivity contribution in [3.05, 3.63) is 62.1 Å². The number of nitro benzene ring substituents is 1. The second-order valence-corrected chi connectivity index (χ2v) is 5.50. The van der Waals surface area contributed by atoms with Crippen molar-refractivity contribution >= 4 is 33.7 Å². The van der Waals surface area contributed by atoms with Crippen LogP contribution in [0, 0.1) is 10.1 Å². The smallest absolute Gasteiger partial charge is 0.271 e. The van der Waals surface area contributed by atoms with Gasteiger partial charge in [-0.2, -0.15) is 5.10 Å². The summed E-state index contributed by atoms with van der Waals surface area (Å²) in [5.74, 6) is 0.581. The first-order valence-corrected chi connectivity index (χ1v) is 7.75. The van der Waals surface area contributed by atoms with Gasteiger partial charge in [0, 0.05) is 23.3 Å². The number of hydrazone groups is 1. The molecule has 0 atom stereocenters. The van der Waals surface area contributed by atoms with Gasteiger partial charge in [-0.3, -0.25) is 14.9 Å². The topological polar surface area (TPSA) is 103 Å². The van der Waals surface area contributed by atoms with Crippen LogP contribution in [0.1, 0.15) is 15.9 Å². The average Bonchev–Trinajstić information content (AvgIpc) is 2.62. The van der Waals surface area contributed by atoms with Gasteiger partial charge in [0.15, 0.2) is 11.5 Å². The Morgan fingerprint density at radius 2 is 1.88 bits per heavy atom. The second-order valence-electron chi connectivity index (χ2n) is 4.71. The summed E-state index contributed by atoms with van der Waals surface area (Å²) in [6, 6.07) is 8.67. The zero-order chi connectivity index (χ0) is 18.4. The van der Waals surface area contributed by atoms with Gasteiger partial charge >= 0.3 is 0 Å². The fraction of sp³-hybridized carbons (Fsp3) is 0.125. The van der Waals surface area contributed by atoms with E-state index in [-0.39, 0.29) is 11.3 Å². The number of rotatable bonds is 6. The summed E-state index contributed by atoms with van der Waals surface area (Å²) in [4.78, 5) is 22.0. The fourth-order valence-electron chi connectivity index (χ4n) is 1.96. The highest BCUT2D eigenvalue weighted by molar-refractivity contribution is 9.10. The highest BCUT2D eigenvalue weighted by atomic mass is 79.9. The van der Waals surface area contributed by atoms with Gasteiger partial charge in [-0.25, -0.2) is 5.43 Å². The van der Waals surface area contributed by atoms with E-state index in [1.54, 1.807) is 12.1 Å². The summed E-state index contributed by atoms with van der Waals surface area (Å²) in [6.45, 7) is 0. The number of carbonyl (C=O) groups is 1. The Morgan fingerprint density at radius 1 is 1.20 bits per heavy atom. The molecule has 0 fully saturated rings. The molecule has 0 aliphatic carbocycles. The SMILES string of the molecule is COc1ccc(/C=N\NC(=O)c2ccc([N+](=O)[O-])cc2)c(Br)c1OC. The zero-order valence-electron chi connectivity index (χ0n) is 13.4. The molecule has 0 saturated carbocycles. The van der Waals surface area contributed by atoms with E-state index in [9.17, 15) is 14.9 Å². The molecule has 0 spiro atoms. The predicted molar refractivity (Wildman–Crippen MR) is 95.4 cm³/mol. The number of nitro groups is 1. The number of methoxy groups -OCH3 is 2. The third-order valence-corrected chi connectivity index (χ3v) is 4.04. The Morgan fingerprint density at radius 3 is 2.44 bits per heavy atom. The van der Waals surface area contributed by atoms with Crippen molar-refractivity contribution in [1.82, 2.24) is 5.43 Å². The van der Waals surface area contributed by atoms with Crippen molar-refractivity contribution < 1.29 is 19.2 Å². The monoisotopic (exact) mass is 407 g/mol. The molecule has 1 N–H and O–H groups in total. The first-order valence-electron chi connectivity index (χ1n) is 6.96. The number of hydrogen-bond acceptors (Lipinski definition) is 6. The molecule has 130 valence electrons. The number of carbonyl (C=O) groups excluding carboxylic acids is 1. The predicted octanol–water partition coefficient (Wildman–Crippen LogP) is 3.14. The number of non-ortho nitro benzene ring substituents is 1. The highest BCUT2D eigenvalue weighted by Crippen LogP contribution is 2.36. The molecular weight excluding hydrogens is 394 g/mol. The Bertz CT molecular complexity index is 821. The van der Waals surface area contributed by atoms with E-state index < -0.39 is 10.8 Å². The van der Waals surface area contributed by atoms with E-state index in [0.717, 1.165) is 0 Å². The molecule has 0 heterocycles. The lowest BCUT2D eigenvalue weighted by atomic mass is 10.2. The summed E-state index contributed by atoms with van der Waals surface area (Å²) in [5.41, 5.74) is 3.20. The second kappa shape index (κ2) is 8.25. The summed E-state index contributed by atoms with van der Waals surface area (Å²) >= 11 is 3.39. The molecule has 0 aliphatic heterocycles. The number of ether oxygens (including phenoxy) is 2. The molecule has 2 aromatic rings. The Labute approximate surface area is 151 Å². The number of amides is 1. The zero-order valence-corrected chi connectivity index (χ0v) is 14.9. The number of nitrogens with one attached hydrogen (secondary N) is 1.